The highest BCUT2D eigenvalue weighted by Gasteiger charge is 2.18. The lowest BCUT2D eigenvalue weighted by atomic mass is 10.0. The number of aromatic nitrogens is 2. The molecular formula is C27H26N4O4. The second kappa shape index (κ2) is 9.23. The van der Waals surface area contributed by atoms with Crippen LogP contribution in [-0.2, 0) is 4.74 Å². The average Bonchev–Trinajstić information content (AvgIpc) is 3.28. The smallest absolute Gasteiger partial charge is 0.417 e. The molecule has 0 spiro atoms. The second-order valence-corrected chi connectivity index (χ2v) is 8.70. The first-order valence-electron chi connectivity index (χ1n) is 11.4. The van der Waals surface area contributed by atoms with Gasteiger partial charge in [-0.3, -0.25) is 0 Å². The minimum Gasteiger partial charge on any atom is -0.465 e. The van der Waals surface area contributed by atoms with Crippen molar-refractivity contribution < 1.29 is 19.4 Å². The third-order valence-corrected chi connectivity index (χ3v) is 6.54. The van der Waals surface area contributed by atoms with E-state index >= 15 is 0 Å². The summed E-state index contributed by atoms with van der Waals surface area (Å²) in [4.78, 5) is 32.9. The molecule has 8 heteroatoms. The Morgan fingerprint density at radius 2 is 1.57 bits per heavy atom. The predicted octanol–water partition coefficient (Wildman–Crippen LogP) is 4.43. The van der Waals surface area contributed by atoms with Gasteiger partial charge in [-0.2, -0.15) is 0 Å². The Morgan fingerprint density at radius 3 is 2.20 bits per heavy atom. The maximum Gasteiger partial charge on any atom is 0.417 e. The largest absolute Gasteiger partial charge is 0.465 e. The number of pyridine rings is 1. The summed E-state index contributed by atoms with van der Waals surface area (Å²) >= 11 is 0. The number of anilines is 1. The molecule has 2 aromatic heterocycles. The van der Waals surface area contributed by atoms with Gasteiger partial charge in [0, 0.05) is 60.8 Å². The summed E-state index contributed by atoms with van der Waals surface area (Å²) in [6.07, 6.45) is 2.16. The van der Waals surface area contributed by atoms with E-state index in [1.165, 1.54) is 12.8 Å². The molecule has 0 bridgehead atoms. The van der Waals surface area contributed by atoms with Crippen molar-refractivity contribution in [1.29, 1.82) is 0 Å². The van der Waals surface area contributed by atoms with Crippen molar-refractivity contribution >= 4 is 28.8 Å². The number of piperazine rings is 1. The minimum absolute atomic E-state index is 0.363. The first kappa shape index (κ1) is 22.6. The molecule has 1 fully saturated rings. The first-order chi connectivity index (χ1) is 16.9. The Morgan fingerprint density at radius 1 is 0.914 bits per heavy atom. The van der Waals surface area contributed by atoms with Gasteiger partial charge in [0.1, 0.15) is 5.65 Å². The van der Waals surface area contributed by atoms with E-state index in [-0.39, 0.29) is 0 Å². The van der Waals surface area contributed by atoms with Gasteiger partial charge >= 0.3 is 12.1 Å². The maximum absolute atomic E-state index is 11.9. The molecule has 1 saturated heterocycles. The number of hydrogen-bond donors (Lipinski definition) is 1. The molecule has 2 aromatic carbocycles. The Bertz CT molecular complexity index is 1390. The number of fused-ring (bicyclic) bond motifs is 1. The molecule has 0 amide bonds. The van der Waals surface area contributed by atoms with E-state index in [1.54, 1.807) is 36.7 Å². The Balaban J connectivity index is 1.51. The molecule has 1 N–H and O–H groups in total. The molecule has 0 saturated carbocycles. The van der Waals surface area contributed by atoms with Crippen LogP contribution in [0.2, 0.25) is 0 Å². The molecule has 8 nitrogen and oxygen atoms in total. The Hall–Kier alpha value is -4.17. The van der Waals surface area contributed by atoms with Crippen molar-refractivity contribution in [2.24, 2.45) is 0 Å². The van der Waals surface area contributed by atoms with Crippen LogP contribution in [0.5, 0.6) is 0 Å². The van der Waals surface area contributed by atoms with E-state index in [0.29, 0.717) is 11.2 Å². The molecule has 4 aromatic rings. The first-order valence-corrected chi connectivity index (χ1v) is 11.4. The number of esters is 1. The fourth-order valence-electron chi connectivity index (χ4n) is 4.47. The number of methoxy groups -OCH3 is 1. The highest BCUT2D eigenvalue weighted by Crippen LogP contribution is 2.33. The van der Waals surface area contributed by atoms with E-state index in [0.717, 1.165) is 58.4 Å². The molecule has 1 aliphatic heterocycles. The van der Waals surface area contributed by atoms with Crippen LogP contribution in [0.15, 0.2) is 67.0 Å². The molecule has 0 atom stereocenters. The van der Waals surface area contributed by atoms with Gasteiger partial charge in [-0.15, -0.1) is 0 Å². The third kappa shape index (κ3) is 4.36. The number of rotatable bonds is 4. The molecule has 5 rings (SSSR count). The zero-order chi connectivity index (χ0) is 24.5. The van der Waals surface area contributed by atoms with Crippen LogP contribution >= 0.6 is 0 Å². The van der Waals surface area contributed by atoms with Crippen molar-refractivity contribution in [2.45, 2.75) is 0 Å². The average molecular weight is 471 g/mol. The number of carbonyl (C=O) groups excluding carboxylic acids is 1. The summed E-state index contributed by atoms with van der Waals surface area (Å²) < 4.78 is 5.89. The van der Waals surface area contributed by atoms with Gasteiger partial charge < -0.3 is 19.6 Å². The number of benzene rings is 2. The van der Waals surface area contributed by atoms with Crippen LogP contribution in [-0.4, -0.2) is 72.0 Å². The quantitative estimate of drug-likeness (QED) is 0.441. The van der Waals surface area contributed by atoms with Gasteiger partial charge in [-0.1, -0.05) is 24.3 Å². The summed E-state index contributed by atoms with van der Waals surface area (Å²) in [5.74, 6) is -0.423. The number of hydrogen-bond acceptors (Lipinski definition) is 6. The normalized spacial score (nSPS) is 14.3. The zero-order valence-corrected chi connectivity index (χ0v) is 19.6. The fourth-order valence-corrected chi connectivity index (χ4v) is 4.47. The number of carboxylic acid groups (broad SMARTS) is 1. The summed E-state index contributed by atoms with van der Waals surface area (Å²) in [5, 5.41) is 10.4. The van der Waals surface area contributed by atoms with Crippen LogP contribution < -0.4 is 4.90 Å². The number of nitrogens with zero attached hydrogens (tertiary/aromatic N) is 4. The molecular weight excluding hydrogens is 444 g/mol. The maximum atomic E-state index is 11.9. The van der Waals surface area contributed by atoms with E-state index in [1.807, 2.05) is 6.07 Å². The van der Waals surface area contributed by atoms with Gasteiger partial charge in [-0.25, -0.2) is 19.1 Å². The molecule has 1 aliphatic rings. The lowest BCUT2D eigenvalue weighted by Gasteiger charge is -2.34. The monoisotopic (exact) mass is 470 g/mol. The number of ether oxygens (including phenoxy) is 1. The topological polar surface area (TPSA) is 87.9 Å². The zero-order valence-electron chi connectivity index (χ0n) is 19.6. The van der Waals surface area contributed by atoms with Crippen LogP contribution in [0.1, 0.15) is 10.4 Å². The van der Waals surface area contributed by atoms with Crippen molar-refractivity contribution in [3.63, 3.8) is 0 Å². The lowest BCUT2D eigenvalue weighted by molar-refractivity contribution is 0.0600. The van der Waals surface area contributed by atoms with Crippen molar-refractivity contribution in [2.75, 3.05) is 45.2 Å². The molecule has 0 radical (unpaired) electrons. The van der Waals surface area contributed by atoms with Crippen molar-refractivity contribution in [3.05, 3.63) is 72.6 Å². The van der Waals surface area contributed by atoms with Gasteiger partial charge in [0.15, 0.2) is 0 Å². The van der Waals surface area contributed by atoms with E-state index in [4.69, 9.17) is 4.74 Å². The lowest BCUT2D eigenvalue weighted by Crippen LogP contribution is -2.44. The van der Waals surface area contributed by atoms with E-state index in [9.17, 15) is 14.7 Å². The van der Waals surface area contributed by atoms with E-state index in [2.05, 4.69) is 46.1 Å². The van der Waals surface area contributed by atoms with Crippen molar-refractivity contribution in [3.8, 4) is 22.3 Å². The molecule has 178 valence electrons. The molecule has 0 aliphatic carbocycles. The van der Waals surface area contributed by atoms with Crippen LogP contribution in [0.3, 0.4) is 0 Å². The number of carbonyl (C=O) groups is 2. The van der Waals surface area contributed by atoms with Gasteiger partial charge in [-0.05, 0) is 48.5 Å². The third-order valence-electron chi connectivity index (χ3n) is 6.54. The van der Waals surface area contributed by atoms with Gasteiger partial charge in [0.05, 0.1) is 12.7 Å². The van der Waals surface area contributed by atoms with Crippen LogP contribution in [0.25, 0.3) is 33.3 Å². The fraction of sp³-hybridized carbons (Fsp3) is 0.222. The Kier molecular flexibility index (Phi) is 5.96. The highest BCUT2D eigenvalue weighted by atomic mass is 16.5. The summed E-state index contributed by atoms with van der Waals surface area (Å²) in [6.45, 7) is 4.10. The minimum atomic E-state index is -1.11. The summed E-state index contributed by atoms with van der Waals surface area (Å²) in [7, 11) is 3.48. The summed E-state index contributed by atoms with van der Waals surface area (Å²) in [6, 6.07) is 17.3. The second-order valence-electron chi connectivity index (χ2n) is 8.70. The van der Waals surface area contributed by atoms with Crippen LogP contribution in [0.4, 0.5) is 10.5 Å². The van der Waals surface area contributed by atoms with E-state index < -0.39 is 12.1 Å². The summed E-state index contributed by atoms with van der Waals surface area (Å²) in [5.41, 5.74) is 5.40. The molecule has 3 heterocycles. The molecule has 0 unspecified atom stereocenters. The SMILES string of the molecule is COC(=O)c1ccc(-c2cn(C(=O)O)c3ncc(-c4ccc(N5CCN(C)CC5)cc4)cc23)cc1. The molecule has 35 heavy (non-hydrogen) atoms. The van der Waals surface area contributed by atoms with Crippen LogP contribution in [0, 0.1) is 0 Å². The van der Waals surface area contributed by atoms with Crippen molar-refractivity contribution in [1.82, 2.24) is 14.5 Å². The standard InChI is InChI=1S/C27H26N4O4/c1-29-11-13-30(14-12-29)22-9-7-18(8-10-22)21-15-23-24(17-31(27(33)34)25(23)28-16-21)19-3-5-20(6-4-19)26(32)35-2/h3-10,15-17H,11-14H2,1-2H3,(H,33,34). The van der Waals surface area contributed by atoms with Gasteiger partial charge in [0.2, 0.25) is 0 Å². The predicted molar refractivity (Wildman–Crippen MR) is 135 cm³/mol. The highest BCUT2D eigenvalue weighted by molar-refractivity contribution is 6.00. The Labute approximate surface area is 203 Å². The van der Waals surface area contributed by atoms with Gasteiger partial charge in [0.25, 0.3) is 0 Å². The number of likely N-dealkylation sites (N-methyl/N-ethyl adjacent to an activating group) is 1.